The highest BCUT2D eigenvalue weighted by molar-refractivity contribution is 7.89. The normalized spacial score (nSPS) is 11.0. The van der Waals surface area contributed by atoms with Crippen LogP contribution in [0.5, 0.6) is 0 Å². The molecule has 24 heavy (non-hydrogen) atoms. The van der Waals surface area contributed by atoms with Crippen molar-refractivity contribution in [3.63, 3.8) is 0 Å². The average molecular weight is 341 g/mol. The van der Waals surface area contributed by atoms with Gasteiger partial charge in [0.1, 0.15) is 10.7 Å². The number of sulfonamides is 1. The summed E-state index contributed by atoms with van der Waals surface area (Å²) in [5, 5.41) is 11.3. The Morgan fingerprint density at radius 1 is 0.875 bits per heavy atom. The predicted molar refractivity (Wildman–Crippen MR) is 92.9 cm³/mol. The van der Waals surface area contributed by atoms with Crippen LogP contribution in [0.25, 0.3) is 0 Å². The zero-order valence-electron chi connectivity index (χ0n) is 12.5. The number of hydrogen-bond donors (Lipinski definition) is 3. The number of nitrogens with zero attached hydrogens (tertiary/aromatic N) is 2. The number of anilines is 4. The molecule has 0 amide bonds. The third-order valence-electron chi connectivity index (χ3n) is 3.14. The van der Waals surface area contributed by atoms with Gasteiger partial charge in [-0.1, -0.05) is 30.3 Å². The van der Waals surface area contributed by atoms with Crippen LogP contribution in [0.2, 0.25) is 0 Å². The summed E-state index contributed by atoms with van der Waals surface area (Å²) in [5.41, 5.74) is 1.20. The molecule has 0 bridgehead atoms. The molecule has 2 aromatic carbocycles. The van der Waals surface area contributed by atoms with E-state index in [0.717, 1.165) is 5.69 Å². The van der Waals surface area contributed by atoms with E-state index in [1.165, 1.54) is 6.07 Å². The van der Waals surface area contributed by atoms with E-state index in [9.17, 15) is 8.42 Å². The molecule has 0 fully saturated rings. The van der Waals surface area contributed by atoms with Crippen LogP contribution < -0.4 is 15.8 Å². The third kappa shape index (κ3) is 3.86. The second kappa shape index (κ2) is 6.65. The van der Waals surface area contributed by atoms with Crippen molar-refractivity contribution in [1.29, 1.82) is 0 Å². The molecular formula is C16H15N5O2S. The number of rotatable bonds is 5. The summed E-state index contributed by atoms with van der Waals surface area (Å²) in [6, 6.07) is 17.5. The minimum Gasteiger partial charge on any atom is -0.339 e. The third-order valence-corrected chi connectivity index (χ3v) is 4.11. The lowest BCUT2D eigenvalue weighted by Gasteiger charge is -2.11. The Morgan fingerprint density at radius 3 is 2.33 bits per heavy atom. The second-order valence-corrected chi connectivity index (χ2v) is 6.45. The van der Waals surface area contributed by atoms with Crippen molar-refractivity contribution in [3.05, 3.63) is 66.9 Å². The lowest BCUT2D eigenvalue weighted by Crippen LogP contribution is -2.14. The molecule has 1 heterocycles. The van der Waals surface area contributed by atoms with Crippen molar-refractivity contribution in [1.82, 2.24) is 9.97 Å². The van der Waals surface area contributed by atoms with Crippen LogP contribution in [0, 0.1) is 0 Å². The highest BCUT2D eigenvalue weighted by Gasteiger charge is 2.13. The Hall–Kier alpha value is -2.97. The van der Waals surface area contributed by atoms with Gasteiger partial charge in [-0.25, -0.2) is 18.5 Å². The highest BCUT2D eigenvalue weighted by Crippen LogP contribution is 2.23. The van der Waals surface area contributed by atoms with Gasteiger partial charge in [-0.05, 0) is 30.3 Å². The molecule has 0 aliphatic carbocycles. The first-order valence-corrected chi connectivity index (χ1v) is 8.61. The monoisotopic (exact) mass is 341 g/mol. The fourth-order valence-electron chi connectivity index (χ4n) is 2.10. The zero-order chi connectivity index (χ0) is 17.0. The Balaban J connectivity index is 1.86. The SMILES string of the molecule is NS(=O)(=O)c1ccccc1Nc1ccnc(Nc2ccccc2)n1. The van der Waals surface area contributed by atoms with E-state index in [-0.39, 0.29) is 4.90 Å². The van der Waals surface area contributed by atoms with Crippen LogP contribution in [0.1, 0.15) is 0 Å². The molecule has 7 nitrogen and oxygen atoms in total. The van der Waals surface area contributed by atoms with Crippen molar-refractivity contribution in [2.75, 3.05) is 10.6 Å². The van der Waals surface area contributed by atoms with Gasteiger partial charge >= 0.3 is 0 Å². The summed E-state index contributed by atoms with van der Waals surface area (Å²) in [4.78, 5) is 8.46. The molecule has 0 saturated heterocycles. The fraction of sp³-hybridized carbons (Fsp3) is 0. The molecule has 1 aromatic heterocycles. The molecule has 3 rings (SSSR count). The van der Waals surface area contributed by atoms with Crippen molar-refractivity contribution < 1.29 is 8.42 Å². The van der Waals surface area contributed by atoms with Crippen LogP contribution in [0.4, 0.5) is 23.1 Å². The Bertz CT molecular complexity index is 945. The van der Waals surface area contributed by atoms with Crippen LogP contribution in [-0.2, 0) is 10.0 Å². The maximum absolute atomic E-state index is 11.6. The maximum Gasteiger partial charge on any atom is 0.240 e. The van der Waals surface area contributed by atoms with Crippen LogP contribution in [0.15, 0.2) is 71.8 Å². The minimum absolute atomic E-state index is 0.00109. The van der Waals surface area contributed by atoms with E-state index < -0.39 is 10.0 Å². The highest BCUT2D eigenvalue weighted by atomic mass is 32.2. The number of nitrogens with one attached hydrogen (secondary N) is 2. The lowest BCUT2D eigenvalue weighted by molar-refractivity contribution is 0.598. The van der Waals surface area contributed by atoms with Crippen molar-refractivity contribution >= 4 is 33.2 Å². The summed E-state index contributed by atoms with van der Waals surface area (Å²) in [6.45, 7) is 0. The van der Waals surface area contributed by atoms with E-state index >= 15 is 0 Å². The van der Waals surface area contributed by atoms with Crippen molar-refractivity contribution in [3.8, 4) is 0 Å². The first-order chi connectivity index (χ1) is 11.5. The van der Waals surface area contributed by atoms with Gasteiger partial charge in [0.2, 0.25) is 16.0 Å². The number of aromatic nitrogens is 2. The Labute approximate surface area is 139 Å². The number of nitrogens with two attached hydrogens (primary N) is 1. The van der Waals surface area contributed by atoms with Crippen molar-refractivity contribution in [2.45, 2.75) is 4.90 Å². The molecule has 8 heteroatoms. The largest absolute Gasteiger partial charge is 0.339 e. The molecule has 3 aromatic rings. The number of hydrogen-bond acceptors (Lipinski definition) is 6. The van der Waals surface area contributed by atoms with Gasteiger partial charge in [0.15, 0.2) is 0 Å². The summed E-state index contributed by atoms with van der Waals surface area (Å²) in [5.74, 6) is 0.832. The first kappa shape index (κ1) is 15.9. The molecule has 0 radical (unpaired) electrons. The quantitative estimate of drug-likeness (QED) is 0.658. The van der Waals surface area contributed by atoms with E-state index in [0.29, 0.717) is 17.5 Å². The average Bonchev–Trinajstić information content (AvgIpc) is 2.56. The molecule has 0 unspecified atom stereocenters. The summed E-state index contributed by atoms with van der Waals surface area (Å²) in [7, 11) is -3.83. The minimum atomic E-state index is -3.83. The van der Waals surface area contributed by atoms with Gasteiger partial charge < -0.3 is 10.6 Å². The lowest BCUT2D eigenvalue weighted by atomic mass is 10.3. The van der Waals surface area contributed by atoms with Gasteiger partial charge in [-0.15, -0.1) is 0 Å². The molecule has 0 aliphatic rings. The van der Waals surface area contributed by atoms with E-state index in [4.69, 9.17) is 5.14 Å². The Morgan fingerprint density at radius 2 is 1.58 bits per heavy atom. The van der Waals surface area contributed by atoms with E-state index in [1.54, 1.807) is 30.5 Å². The molecular weight excluding hydrogens is 326 g/mol. The van der Waals surface area contributed by atoms with Crippen LogP contribution >= 0.6 is 0 Å². The first-order valence-electron chi connectivity index (χ1n) is 7.06. The van der Waals surface area contributed by atoms with Gasteiger partial charge in [-0.2, -0.15) is 4.98 Å². The molecule has 122 valence electrons. The van der Waals surface area contributed by atoms with Crippen LogP contribution in [0.3, 0.4) is 0 Å². The Kier molecular flexibility index (Phi) is 4.41. The van der Waals surface area contributed by atoms with Crippen molar-refractivity contribution in [2.24, 2.45) is 5.14 Å². The summed E-state index contributed by atoms with van der Waals surface area (Å²) in [6.07, 6.45) is 1.57. The topological polar surface area (TPSA) is 110 Å². The van der Waals surface area contributed by atoms with Gasteiger partial charge in [0, 0.05) is 11.9 Å². The fourth-order valence-corrected chi connectivity index (χ4v) is 2.79. The smallest absolute Gasteiger partial charge is 0.240 e. The van der Waals surface area contributed by atoms with Gasteiger partial charge in [0.25, 0.3) is 0 Å². The second-order valence-electron chi connectivity index (χ2n) is 4.92. The molecule has 0 aliphatic heterocycles. The standard InChI is InChI=1S/C16H15N5O2S/c17-24(22,23)14-9-5-4-8-13(14)20-15-10-11-18-16(21-15)19-12-6-2-1-3-7-12/h1-11H,(H2,17,22,23)(H2,18,19,20,21). The van der Waals surface area contributed by atoms with E-state index in [1.807, 2.05) is 30.3 Å². The van der Waals surface area contributed by atoms with Gasteiger partial charge in [-0.3, -0.25) is 0 Å². The van der Waals surface area contributed by atoms with Crippen LogP contribution in [-0.4, -0.2) is 18.4 Å². The number of para-hydroxylation sites is 2. The molecule has 0 spiro atoms. The molecule has 0 saturated carbocycles. The summed E-state index contributed by atoms with van der Waals surface area (Å²) >= 11 is 0. The zero-order valence-corrected chi connectivity index (χ0v) is 13.4. The van der Waals surface area contributed by atoms with Gasteiger partial charge in [0.05, 0.1) is 5.69 Å². The summed E-state index contributed by atoms with van der Waals surface area (Å²) < 4.78 is 23.3. The number of primary sulfonamides is 1. The molecule has 0 atom stereocenters. The number of benzene rings is 2. The van der Waals surface area contributed by atoms with E-state index in [2.05, 4.69) is 20.6 Å². The maximum atomic E-state index is 11.6. The predicted octanol–water partition coefficient (Wildman–Crippen LogP) is 2.61. The molecule has 4 N–H and O–H groups in total.